The fourth-order valence-electron chi connectivity index (χ4n) is 5.79. The molecule has 6 rings (SSSR count). The van der Waals surface area contributed by atoms with Gasteiger partial charge in [0.05, 0.1) is 6.04 Å². The molecule has 35 heavy (non-hydrogen) atoms. The Morgan fingerprint density at radius 3 is 2.43 bits per heavy atom. The van der Waals surface area contributed by atoms with E-state index in [1.54, 1.807) is 0 Å². The molecule has 3 heterocycles. The van der Waals surface area contributed by atoms with Crippen LogP contribution < -0.4 is 9.47 Å². The molecule has 3 aliphatic heterocycles. The average Bonchev–Trinajstić information content (AvgIpc) is 3.42. The lowest BCUT2D eigenvalue weighted by atomic mass is 9.93. The van der Waals surface area contributed by atoms with E-state index in [1.807, 2.05) is 59.5 Å². The number of fused-ring (bicyclic) bond motifs is 2. The van der Waals surface area contributed by atoms with Gasteiger partial charge in [-0.2, -0.15) is 0 Å². The number of carbonyl (C=O) groups excluding carboxylic acids is 2. The highest BCUT2D eigenvalue weighted by molar-refractivity contribution is 6.07. The fourth-order valence-corrected chi connectivity index (χ4v) is 5.79. The van der Waals surface area contributed by atoms with Crippen molar-refractivity contribution in [2.24, 2.45) is 5.92 Å². The maximum absolute atomic E-state index is 13.6. The molecule has 0 radical (unpaired) electrons. The molecule has 0 aliphatic carbocycles. The largest absolute Gasteiger partial charge is 0.486 e. The summed E-state index contributed by atoms with van der Waals surface area (Å²) in [5, 5.41) is 2.06. The molecule has 1 unspecified atom stereocenters. The average molecular weight is 471 g/mol. The quantitative estimate of drug-likeness (QED) is 0.550. The molecule has 0 spiro atoms. The predicted octanol–water partition coefficient (Wildman–Crippen LogP) is 4.83. The number of benzene rings is 3. The van der Waals surface area contributed by atoms with Gasteiger partial charge in [0, 0.05) is 31.1 Å². The van der Waals surface area contributed by atoms with Gasteiger partial charge in [-0.05, 0) is 60.2 Å². The van der Waals surface area contributed by atoms with Crippen molar-refractivity contribution in [1.29, 1.82) is 0 Å². The minimum Gasteiger partial charge on any atom is -0.486 e. The summed E-state index contributed by atoms with van der Waals surface area (Å²) in [6.45, 7) is 3.14. The number of rotatable bonds is 3. The van der Waals surface area contributed by atoms with E-state index in [2.05, 4.69) is 11.0 Å². The maximum atomic E-state index is 13.6. The lowest BCUT2D eigenvalue weighted by molar-refractivity contribution is -0.137. The van der Waals surface area contributed by atoms with Crippen molar-refractivity contribution in [3.05, 3.63) is 71.8 Å². The number of carbonyl (C=O) groups is 2. The van der Waals surface area contributed by atoms with Gasteiger partial charge >= 0.3 is 0 Å². The molecule has 0 N–H and O–H groups in total. The first-order valence-electron chi connectivity index (χ1n) is 12.7. The van der Waals surface area contributed by atoms with Crippen LogP contribution in [0.2, 0.25) is 0 Å². The second-order valence-electron chi connectivity index (χ2n) is 9.69. The molecule has 2 fully saturated rings. The Morgan fingerprint density at radius 2 is 1.57 bits per heavy atom. The number of ether oxygens (including phenoxy) is 2. The van der Waals surface area contributed by atoms with Gasteiger partial charge in [-0.15, -0.1) is 0 Å². The summed E-state index contributed by atoms with van der Waals surface area (Å²) in [4.78, 5) is 30.8. The van der Waals surface area contributed by atoms with Gasteiger partial charge in [0.15, 0.2) is 11.5 Å². The van der Waals surface area contributed by atoms with Crippen LogP contribution in [0.15, 0.2) is 60.7 Å². The highest BCUT2D eigenvalue weighted by Gasteiger charge is 2.36. The minimum absolute atomic E-state index is 0.0376. The Morgan fingerprint density at radius 1 is 0.800 bits per heavy atom. The Kier molecular flexibility index (Phi) is 5.80. The first-order valence-corrected chi connectivity index (χ1v) is 12.7. The summed E-state index contributed by atoms with van der Waals surface area (Å²) in [6.07, 6.45) is 3.38. The molecule has 6 heteroatoms. The normalized spacial score (nSPS) is 20.3. The third-order valence-corrected chi connectivity index (χ3v) is 7.64. The molecule has 0 aromatic heterocycles. The summed E-state index contributed by atoms with van der Waals surface area (Å²) >= 11 is 0. The highest BCUT2D eigenvalue weighted by atomic mass is 16.6. The Balaban J connectivity index is 1.13. The first-order chi connectivity index (χ1) is 17.2. The summed E-state index contributed by atoms with van der Waals surface area (Å²) in [6, 6.07) is 20.0. The van der Waals surface area contributed by atoms with Gasteiger partial charge in [0.25, 0.3) is 5.91 Å². The van der Waals surface area contributed by atoms with E-state index in [9.17, 15) is 9.59 Å². The van der Waals surface area contributed by atoms with Crippen LogP contribution in [0.1, 0.15) is 47.6 Å². The SMILES string of the molecule is O=C(c1cccc2ccccc12)N1CCC(C(=O)N2CCCC2c2ccc3c(c2)OCCO3)CC1. The molecular formula is C29H30N2O4. The summed E-state index contributed by atoms with van der Waals surface area (Å²) in [5.41, 5.74) is 1.86. The van der Waals surface area contributed by atoms with Crippen LogP contribution in [0.4, 0.5) is 0 Å². The van der Waals surface area contributed by atoms with E-state index in [4.69, 9.17) is 9.47 Å². The van der Waals surface area contributed by atoms with E-state index >= 15 is 0 Å². The number of amides is 2. The standard InChI is InChI=1S/C29H30N2O4/c32-28(31-14-4-9-25(31)22-10-11-26-27(19-22)35-18-17-34-26)21-12-15-30(16-13-21)29(33)24-8-3-6-20-5-1-2-7-23(20)24/h1-3,5-8,10-11,19,21,25H,4,9,12-18H2. The number of piperidine rings is 1. The predicted molar refractivity (Wildman–Crippen MR) is 134 cm³/mol. The van der Waals surface area contributed by atoms with E-state index in [1.165, 1.54) is 0 Å². The number of hydrogen-bond donors (Lipinski definition) is 0. The molecule has 3 aliphatic rings. The third kappa shape index (κ3) is 4.11. The molecule has 0 saturated carbocycles. The van der Waals surface area contributed by atoms with E-state index in [0.29, 0.717) is 39.1 Å². The van der Waals surface area contributed by atoms with E-state index in [-0.39, 0.29) is 23.8 Å². The molecule has 6 nitrogen and oxygen atoms in total. The van der Waals surface area contributed by atoms with Gasteiger partial charge in [0.2, 0.25) is 5.91 Å². The van der Waals surface area contributed by atoms with Gasteiger partial charge in [-0.3, -0.25) is 9.59 Å². The molecule has 2 saturated heterocycles. The fraction of sp³-hybridized carbons (Fsp3) is 0.379. The molecule has 3 aromatic carbocycles. The van der Waals surface area contributed by atoms with Crippen molar-refractivity contribution < 1.29 is 19.1 Å². The Labute approximate surface area is 205 Å². The molecule has 0 bridgehead atoms. The Bertz CT molecular complexity index is 1260. The van der Waals surface area contributed by atoms with Crippen LogP contribution in [0.5, 0.6) is 11.5 Å². The zero-order chi connectivity index (χ0) is 23.8. The minimum atomic E-state index is -0.0376. The monoisotopic (exact) mass is 470 g/mol. The van der Waals surface area contributed by atoms with Crippen molar-refractivity contribution in [3.63, 3.8) is 0 Å². The molecule has 180 valence electrons. The maximum Gasteiger partial charge on any atom is 0.254 e. The smallest absolute Gasteiger partial charge is 0.254 e. The highest BCUT2D eigenvalue weighted by Crippen LogP contribution is 2.39. The lowest BCUT2D eigenvalue weighted by Gasteiger charge is -2.35. The van der Waals surface area contributed by atoms with Crippen LogP contribution in [-0.4, -0.2) is 54.5 Å². The van der Waals surface area contributed by atoms with Crippen molar-refractivity contribution in [2.75, 3.05) is 32.8 Å². The van der Waals surface area contributed by atoms with Crippen molar-refractivity contribution >= 4 is 22.6 Å². The second-order valence-corrected chi connectivity index (χ2v) is 9.69. The number of hydrogen-bond acceptors (Lipinski definition) is 4. The zero-order valence-electron chi connectivity index (χ0n) is 19.8. The van der Waals surface area contributed by atoms with Crippen molar-refractivity contribution in [1.82, 2.24) is 9.80 Å². The van der Waals surface area contributed by atoms with Gasteiger partial charge in [-0.1, -0.05) is 42.5 Å². The third-order valence-electron chi connectivity index (χ3n) is 7.64. The topological polar surface area (TPSA) is 59.1 Å². The number of nitrogens with zero attached hydrogens (tertiary/aromatic N) is 2. The van der Waals surface area contributed by atoms with Crippen LogP contribution >= 0.6 is 0 Å². The van der Waals surface area contributed by atoms with Gasteiger partial charge in [-0.25, -0.2) is 0 Å². The van der Waals surface area contributed by atoms with Crippen LogP contribution in [0, 0.1) is 5.92 Å². The Hall–Kier alpha value is -3.54. The summed E-state index contributed by atoms with van der Waals surface area (Å²) in [7, 11) is 0. The molecule has 1 atom stereocenters. The van der Waals surface area contributed by atoms with E-state index in [0.717, 1.165) is 52.8 Å². The first kappa shape index (κ1) is 22.0. The van der Waals surface area contributed by atoms with E-state index < -0.39 is 0 Å². The summed E-state index contributed by atoms with van der Waals surface area (Å²) in [5.74, 6) is 1.79. The molecular weight excluding hydrogens is 440 g/mol. The van der Waals surface area contributed by atoms with Crippen LogP contribution in [0.25, 0.3) is 10.8 Å². The summed E-state index contributed by atoms with van der Waals surface area (Å²) < 4.78 is 11.4. The second kappa shape index (κ2) is 9.25. The zero-order valence-corrected chi connectivity index (χ0v) is 19.8. The van der Waals surface area contributed by atoms with Crippen LogP contribution in [0.3, 0.4) is 0 Å². The molecule has 2 amide bonds. The van der Waals surface area contributed by atoms with Gasteiger partial charge in [0.1, 0.15) is 13.2 Å². The van der Waals surface area contributed by atoms with Crippen molar-refractivity contribution in [3.8, 4) is 11.5 Å². The van der Waals surface area contributed by atoms with Gasteiger partial charge < -0.3 is 19.3 Å². The number of likely N-dealkylation sites (tertiary alicyclic amines) is 2. The lowest BCUT2D eigenvalue weighted by Crippen LogP contribution is -2.44. The van der Waals surface area contributed by atoms with Crippen LogP contribution in [-0.2, 0) is 4.79 Å². The van der Waals surface area contributed by atoms with Crippen molar-refractivity contribution in [2.45, 2.75) is 31.7 Å². The molecule has 3 aromatic rings.